The molecular weight excluding hydrogens is 348 g/mol. The lowest BCUT2D eigenvalue weighted by Gasteiger charge is -2.13. The number of nitrogen functional groups attached to an aromatic ring is 1. The number of rotatable bonds is 5. The van der Waals surface area contributed by atoms with Gasteiger partial charge in [-0.05, 0) is 29.7 Å². The van der Waals surface area contributed by atoms with E-state index in [4.69, 9.17) is 5.84 Å². The normalized spacial score (nSPS) is 11.0. The van der Waals surface area contributed by atoms with Crippen LogP contribution in [-0.2, 0) is 4.79 Å². The van der Waals surface area contributed by atoms with Gasteiger partial charge in [0.15, 0.2) is 5.16 Å². The molecule has 0 aliphatic rings. The van der Waals surface area contributed by atoms with Crippen LogP contribution in [-0.4, -0.2) is 21.3 Å². The van der Waals surface area contributed by atoms with Gasteiger partial charge in [0, 0.05) is 5.69 Å². The van der Waals surface area contributed by atoms with Gasteiger partial charge < -0.3 is 11.2 Å². The SMILES string of the molecule is CC(C)c1ccccc1NC(=O)CSc1nc2ccccc2c(=O)n1N. The summed E-state index contributed by atoms with van der Waals surface area (Å²) >= 11 is 1.13. The first-order valence-electron chi connectivity index (χ1n) is 8.26. The molecule has 0 spiro atoms. The molecule has 6 nitrogen and oxygen atoms in total. The third-order valence-corrected chi connectivity index (χ3v) is 4.92. The lowest BCUT2D eigenvalue weighted by molar-refractivity contribution is -0.113. The molecule has 0 radical (unpaired) electrons. The number of nitrogens with zero attached hydrogens (tertiary/aromatic N) is 2. The Morgan fingerprint density at radius 2 is 1.88 bits per heavy atom. The van der Waals surface area contributed by atoms with Gasteiger partial charge in [-0.25, -0.2) is 9.66 Å². The number of nitrogens with two attached hydrogens (primary N) is 1. The predicted octanol–water partition coefficient (Wildman–Crippen LogP) is 2.96. The standard InChI is InChI=1S/C19H20N4O2S/c1-12(2)13-7-3-5-9-15(13)21-17(24)11-26-19-22-16-10-6-4-8-14(16)18(25)23(19)20/h3-10,12H,11,20H2,1-2H3,(H,21,24). The van der Waals surface area contributed by atoms with Crippen LogP contribution in [0.5, 0.6) is 0 Å². The summed E-state index contributed by atoms with van der Waals surface area (Å²) in [7, 11) is 0. The van der Waals surface area contributed by atoms with Crippen LogP contribution >= 0.6 is 11.8 Å². The van der Waals surface area contributed by atoms with E-state index < -0.39 is 0 Å². The highest BCUT2D eigenvalue weighted by molar-refractivity contribution is 7.99. The first-order chi connectivity index (χ1) is 12.5. The molecule has 3 aromatic rings. The van der Waals surface area contributed by atoms with Crippen molar-refractivity contribution >= 4 is 34.3 Å². The Morgan fingerprint density at radius 1 is 1.19 bits per heavy atom. The quantitative estimate of drug-likeness (QED) is 0.410. The molecule has 0 saturated carbocycles. The minimum Gasteiger partial charge on any atom is -0.334 e. The van der Waals surface area contributed by atoms with E-state index in [1.54, 1.807) is 24.3 Å². The van der Waals surface area contributed by atoms with Gasteiger partial charge in [0.25, 0.3) is 5.56 Å². The molecule has 0 atom stereocenters. The molecule has 0 saturated heterocycles. The van der Waals surface area contributed by atoms with E-state index in [0.29, 0.717) is 22.0 Å². The fraction of sp³-hybridized carbons (Fsp3) is 0.211. The maximum atomic E-state index is 12.3. The number of benzene rings is 2. The Hall–Kier alpha value is -2.80. The highest BCUT2D eigenvalue weighted by Gasteiger charge is 2.13. The third-order valence-electron chi connectivity index (χ3n) is 3.96. The average Bonchev–Trinajstić information content (AvgIpc) is 2.64. The number of carbonyl (C=O) groups is 1. The van der Waals surface area contributed by atoms with Crippen LogP contribution in [0.15, 0.2) is 58.5 Å². The maximum absolute atomic E-state index is 12.3. The number of amides is 1. The number of carbonyl (C=O) groups excluding carboxylic acids is 1. The summed E-state index contributed by atoms with van der Waals surface area (Å²) in [6.45, 7) is 4.15. The van der Waals surface area contributed by atoms with Gasteiger partial charge in [0.1, 0.15) is 0 Å². The number of fused-ring (bicyclic) bond motifs is 1. The van der Waals surface area contributed by atoms with Crippen LogP contribution in [0.2, 0.25) is 0 Å². The Kier molecular flexibility index (Phi) is 5.27. The molecule has 0 fully saturated rings. The van der Waals surface area contributed by atoms with E-state index in [9.17, 15) is 9.59 Å². The topological polar surface area (TPSA) is 90.0 Å². The minimum absolute atomic E-state index is 0.106. The molecular formula is C19H20N4O2S. The Bertz CT molecular complexity index is 1010. The van der Waals surface area contributed by atoms with Gasteiger partial charge >= 0.3 is 0 Å². The summed E-state index contributed by atoms with van der Waals surface area (Å²) < 4.78 is 0.988. The second-order valence-electron chi connectivity index (χ2n) is 6.17. The first-order valence-corrected chi connectivity index (χ1v) is 9.24. The summed E-state index contributed by atoms with van der Waals surface area (Å²) in [6.07, 6.45) is 0. The fourth-order valence-corrected chi connectivity index (χ4v) is 3.38. The molecule has 0 bridgehead atoms. The van der Waals surface area contributed by atoms with Crippen LogP contribution in [0.3, 0.4) is 0 Å². The summed E-state index contributed by atoms with van der Waals surface area (Å²) in [6, 6.07) is 14.7. The van der Waals surface area contributed by atoms with Crippen LogP contribution in [0.25, 0.3) is 10.9 Å². The number of anilines is 1. The van der Waals surface area contributed by atoms with Crippen LogP contribution in [0.4, 0.5) is 5.69 Å². The molecule has 1 amide bonds. The van der Waals surface area contributed by atoms with Crippen molar-refractivity contribution in [3.8, 4) is 0 Å². The highest BCUT2D eigenvalue weighted by atomic mass is 32.2. The van der Waals surface area contributed by atoms with Crippen molar-refractivity contribution < 1.29 is 4.79 Å². The van der Waals surface area contributed by atoms with Gasteiger partial charge in [-0.3, -0.25) is 9.59 Å². The summed E-state index contributed by atoms with van der Waals surface area (Å²) in [5.74, 6) is 6.07. The highest BCUT2D eigenvalue weighted by Crippen LogP contribution is 2.24. The third kappa shape index (κ3) is 3.72. The number of hydrogen-bond donors (Lipinski definition) is 2. The van der Waals surface area contributed by atoms with E-state index in [1.807, 2.05) is 24.3 Å². The minimum atomic E-state index is -0.330. The zero-order valence-electron chi connectivity index (χ0n) is 14.6. The smallest absolute Gasteiger partial charge is 0.280 e. The average molecular weight is 368 g/mol. The maximum Gasteiger partial charge on any atom is 0.280 e. The monoisotopic (exact) mass is 368 g/mol. The summed E-state index contributed by atoms with van der Waals surface area (Å²) in [5, 5.41) is 3.68. The molecule has 2 aromatic carbocycles. The largest absolute Gasteiger partial charge is 0.334 e. The van der Waals surface area contributed by atoms with Crippen LogP contribution < -0.4 is 16.7 Å². The molecule has 1 heterocycles. The fourth-order valence-electron chi connectivity index (χ4n) is 2.66. The number of nitrogens with one attached hydrogen (secondary N) is 1. The van der Waals surface area contributed by atoms with Crippen molar-refractivity contribution in [3.05, 3.63) is 64.4 Å². The van der Waals surface area contributed by atoms with Gasteiger partial charge in [0.05, 0.1) is 16.7 Å². The van der Waals surface area contributed by atoms with Crippen LogP contribution in [0, 0.1) is 0 Å². The van der Waals surface area contributed by atoms with Crippen molar-refractivity contribution in [2.45, 2.75) is 24.9 Å². The molecule has 0 unspecified atom stereocenters. The van der Waals surface area contributed by atoms with E-state index >= 15 is 0 Å². The van der Waals surface area contributed by atoms with Crippen molar-refractivity contribution in [1.29, 1.82) is 0 Å². The molecule has 0 aliphatic carbocycles. The number of hydrogen-bond acceptors (Lipinski definition) is 5. The second kappa shape index (κ2) is 7.61. The molecule has 134 valence electrons. The Morgan fingerprint density at radius 3 is 2.65 bits per heavy atom. The zero-order valence-corrected chi connectivity index (χ0v) is 15.4. The van der Waals surface area contributed by atoms with Crippen molar-refractivity contribution in [3.63, 3.8) is 0 Å². The molecule has 0 aliphatic heterocycles. The lowest BCUT2D eigenvalue weighted by Crippen LogP contribution is -2.30. The second-order valence-corrected chi connectivity index (χ2v) is 7.11. The van der Waals surface area contributed by atoms with E-state index in [0.717, 1.165) is 27.7 Å². The number of aromatic nitrogens is 2. The predicted molar refractivity (Wildman–Crippen MR) is 106 cm³/mol. The molecule has 7 heteroatoms. The number of thioether (sulfide) groups is 1. The zero-order chi connectivity index (χ0) is 18.7. The van der Waals surface area contributed by atoms with Crippen LogP contribution in [0.1, 0.15) is 25.3 Å². The molecule has 1 aromatic heterocycles. The van der Waals surface area contributed by atoms with Crippen molar-refractivity contribution in [2.75, 3.05) is 16.9 Å². The van der Waals surface area contributed by atoms with Crippen molar-refractivity contribution in [2.24, 2.45) is 0 Å². The van der Waals surface area contributed by atoms with Gasteiger partial charge in [-0.15, -0.1) is 0 Å². The molecule has 26 heavy (non-hydrogen) atoms. The van der Waals surface area contributed by atoms with E-state index in [1.165, 1.54) is 0 Å². The van der Waals surface area contributed by atoms with Gasteiger partial charge in [-0.1, -0.05) is 55.9 Å². The van der Waals surface area contributed by atoms with E-state index in [-0.39, 0.29) is 17.2 Å². The summed E-state index contributed by atoms with van der Waals surface area (Å²) in [5.41, 5.74) is 2.10. The molecule has 3 N–H and O–H groups in total. The number of para-hydroxylation sites is 2. The summed E-state index contributed by atoms with van der Waals surface area (Å²) in [4.78, 5) is 29.0. The van der Waals surface area contributed by atoms with Gasteiger partial charge in [0.2, 0.25) is 5.91 Å². The Balaban J connectivity index is 1.75. The van der Waals surface area contributed by atoms with E-state index in [2.05, 4.69) is 24.1 Å². The first kappa shape index (κ1) is 18.0. The van der Waals surface area contributed by atoms with Gasteiger partial charge in [-0.2, -0.15) is 0 Å². The lowest BCUT2D eigenvalue weighted by atomic mass is 10.0. The Labute approximate surface area is 155 Å². The van der Waals surface area contributed by atoms with Crippen molar-refractivity contribution in [1.82, 2.24) is 9.66 Å². The molecule has 3 rings (SSSR count).